The second-order valence-electron chi connectivity index (χ2n) is 7.39. The molecule has 2 heteroatoms. The van der Waals surface area contributed by atoms with Crippen LogP contribution in [0.5, 0.6) is 11.5 Å². The standard InChI is InChI=1S/C27H23FO/c1-18-13-14-26(28)27(15-18)29-24-11-6-9-22(17-24)21-8-5-10-23(16-21)25-12-4-7-19(2)20(25)3/h4-17H,1-3H3. The molecule has 0 atom stereocenters. The van der Waals surface area contributed by atoms with Crippen LogP contribution in [0, 0.1) is 26.6 Å². The third-order valence-electron chi connectivity index (χ3n) is 5.26. The molecule has 0 aliphatic heterocycles. The maximum atomic E-state index is 14.1. The molecule has 0 saturated heterocycles. The Morgan fingerprint density at radius 3 is 2.17 bits per heavy atom. The minimum atomic E-state index is -0.363. The lowest BCUT2D eigenvalue weighted by Crippen LogP contribution is -1.90. The summed E-state index contributed by atoms with van der Waals surface area (Å²) in [5, 5.41) is 0. The van der Waals surface area contributed by atoms with Gasteiger partial charge >= 0.3 is 0 Å². The molecule has 0 aliphatic rings. The first-order valence-electron chi connectivity index (χ1n) is 9.72. The summed E-state index contributed by atoms with van der Waals surface area (Å²) in [4.78, 5) is 0. The van der Waals surface area contributed by atoms with Crippen LogP contribution in [-0.2, 0) is 0 Å². The van der Waals surface area contributed by atoms with Gasteiger partial charge in [0, 0.05) is 0 Å². The highest BCUT2D eigenvalue weighted by Gasteiger charge is 2.08. The van der Waals surface area contributed by atoms with Crippen molar-refractivity contribution in [2.24, 2.45) is 0 Å². The minimum Gasteiger partial charge on any atom is -0.454 e. The third kappa shape index (κ3) is 4.07. The molecule has 4 aromatic carbocycles. The number of rotatable bonds is 4. The SMILES string of the molecule is Cc1ccc(F)c(Oc2cccc(-c3cccc(-c4cccc(C)c4C)c3)c2)c1. The van der Waals surface area contributed by atoms with E-state index in [4.69, 9.17) is 4.74 Å². The second kappa shape index (κ2) is 7.92. The highest BCUT2D eigenvalue weighted by molar-refractivity contribution is 5.75. The van der Waals surface area contributed by atoms with E-state index in [1.165, 1.54) is 28.3 Å². The lowest BCUT2D eigenvalue weighted by atomic mass is 9.94. The van der Waals surface area contributed by atoms with Gasteiger partial charge in [0.05, 0.1) is 0 Å². The predicted octanol–water partition coefficient (Wildman–Crippen LogP) is 7.88. The second-order valence-corrected chi connectivity index (χ2v) is 7.39. The molecule has 0 amide bonds. The molecule has 0 saturated carbocycles. The number of aryl methyl sites for hydroxylation is 2. The van der Waals surface area contributed by atoms with E-state index in [1.54, 1.807) is 12.1 Å². The molecule has 0 fully saturated rings. The molecule has 4 aromatic rings. The lowest BCUT2D eigenvalue weighted by Gasteiger charge is -2.12. The van der Waals surface area contributed by atoms with E-state index in [-0.39, 0.29) is 11.6 Å². The number of benzene rings is 4. The average Bonchev–Trinajstić information content (AvgIpc) is 2.73. The summed E-state index contributed by atoms with van der Waals surface area (Å²) in [6.45, 7) is 6.21. The molecule has 0 N–H and O–H groups in total. The van der Waals surface area contributed by atoms with Crippen LogP contribution in [0.1, 0.15) is 16.7 Å². The van der Waals surface area contributed by atoms with Crippen molar-refractivity contribution in [2.75, 3.05) is 0 Å². The van der Waals surface area contributed by atoms with Gasteiger partial charge in [-0.15, -0.1) is 0 Å². The van der Waals surface area contributed by atoms with E-state index >= 15 is 0 Å². The van der Waals surface area contributed by atoms with Gasteiger partial charge in [0.2, 0.25) is 0 Å². The van der Waals surface area contributed by atoms with E-state index in [9.17, 15) is 4.39 Å². The first kappa shape index (κ1) is 18.9. The van der Waals surface area contributed by atoms with Crippen LogP contribution in [-0.4, -0.2) is 0 Å². The predicted molar refractivity (Wildman–Crippen MR) is 118 cm³/mol. The zero-order valence-electron chi connectivity index (χ0n) is 16.9. The Bertz CT molecular complexity index is 1180. The Labute approximate surface area is 171 Å². The van der Waals surface area contributed by atoms with Gasteiger partial charge < -0.3 is 4.74 Å². The highest BCUT2D eigenvalue weighted by Crippen LogP contribution is 2.32. The monoisotopic (exact) mass is 382 g/mol. The molecular formula is C27H23FO. The molecule has 0 radical (unpaired) electrons. The van der Waals surface area contributed by atoms with Gasteiger partial charge in [-0.05, 0) is 90.0 Å². The maximum Gasteiger partial charge on any atom is 0.165 e. The zero-order valence-corrected chi connectivity index (χ0v) is 16.9. The molecule has 0 bridgehead atoms. The molecule has 1 nitrogen and oxygen atoms in total. The van der Waals surface area contributed by atoms with Crippen molar-refractivity contribution in [1.82, 2.24) is 0 Å². The van der Waals surface area contributed by atoms with Crippen LogP contribution >= 0.6 is 0 Å². The number of halogens is 1. The van der Waals surface area contributed by atoms with Crippen LogP contribution in [0.15, 0.2) is 84.9 Å². The Morgan fingerprint density at radius 1 is 0.655 bits per heavy atom. The van der Waals surface area contributed by atoms with Crippen LogP contribution in [0.4, 0.5) is 4.39 Å². The van der Waals surface area contributed by atoms with Crippen molar-refractivity contribution in [1.29, 1.82) is 0 Å². The van der Waals surface area contributed by atoms with E-state index in [2.05, 4.69) is 56.3 Å². The summed E-state index contributed by atoms with van der Waals surface area (Å²) in [7, 11) is 0. The van der Waals surface area contributed by atoms with Crippen LogP contribution in [0.25, 0.3) is 22.3 Å². The summed E-state index contributed by atoms with van der Waals surface area (Å²) < 4.78 is 19.9. The van der Waals surface area contributed by atoms with Gasteiger partial charge in [-0.2, -0.15) is 0 Å². The van der Waals surface area contributed by atoms with Gasteiger partial charge in [-0.3, -0.25) is 0 Å². The van der Waals surface area contributed by atoms with E-state index in [0.717, 1.165) is 16.7 Å². The molecule has 0 heterocycles. The Morgan fingerprint density at radius 2 is 1.34 bits per heavy atom. The number of hydrogen-bond donors (Lipinski definition) is 0. The zero-order chi connectivity index (χ0) is 20.4. The smallest absolute Gasteiger partial charge is 0.165 e. The summed E-state index contributed by atoms with van der Waals surface area (Å²) >= 11 is 0. The van der Waals surface area contributed by atoms with E-state index in [1.807, 2.05) is 31.2 Å². The fraction of sp³-hybridized carbons (Fsp3) is 0.111. The third-order valence-corrected chi connectivity index (χ3v) is 5.26. The van der Waals surface area contributed by atoms with Gasteiger partial charge in [0.15, 0.2) is 11.6 Å². The van der Waals surface area contributed by atoms with Gasteiger partial charge in [0.25, 0.3) is 0 Å². The van der Waals surface area contributed by atoms with E-state index in [0.29, 0.717) is 5.75 Å². The molecule has 0 aromatic heterocycles. The molecule has 0 unspecified atom stereocenters. The quantitative estimate of drug-likeness (QED) is 0.349. The fourth-order valence-electron chi connectivity index (χ4n) is 3.49. The summed E-state index contributed by atoms with van der Waals surface area (Å²) in [5.74, 6) is 0.494. The molecular weight excluding hydrogens is 359 g/mol. The number of ether oxygens (including phenoxy) is 1. The van der Waals surface area contributed by atoms with Crippen molar-refractivity contribution in [3.63, 3.8) is 0 Å². The molecule has 29 heavy (non-hydrogen) atoms. The van der Waals surface area contributed by atoms with Crippen molar-refractivity contribution in [2.45, 2.75) is 20.8 Å². The Hall–Kier alpha value is -3.39. The average molecular weight is 382 g/mol. The Balaban J connectivity index is 1.68. The number of hydrogen-bond acceptors (Lipinski definition) is 1. The largest absolute Gasteiger partial charge is 0.454 e. The fourth-order valence-corrected chi connectivity index (χ4v) is 3.49. The van der Waals surface area contributed by atoms with Crippen LogP contribution < -0.4 is 4.74 Å². The van der Waals surface area contributed by atoms with Crippen molar-refractivity contribution < 1.29 is 9.13 Å². The van der Waals surface area contributed by atoms with Crippen molar-refractivity contribution in [3.05, 3.63) is 107 Å². The molecule has 0 aliphatic carbocycles. The summed E-state index contributed by atoms with van der Waals surface area (Å²) in [5.41, 5.74) is 8.07. The summed E-state index contributed by atoms with van der Waals surface area (Å²) in [6, 6.07) is 27.5. The van der Waals surface area contributed by atoms with Crippen molar-refractivity contribution >= 4 is 0 Å². The maximum absolute atomic E-state index is 14.1. The highest BCUT2D eigenvalue weighted by atomic mass is 19.1. The van der Waals surface area contributed by atoms with Gasteiger partial charge in [-0.25, -0.2) is 4.39 Å². The molecule has 0 spiro atoms. The molecule has 4 rings (SSSR count). The summed E-state index contributed by atoms with van der Waals surface area (Å²) in [6.07, 6.45) is 0. The van der Waals surface area contributed by atoms with Gasteiger partial charge in [-0.1, -0.05) is 54.6 Å². The normalized spacial score (nSPS) is 10.8. The van der Waals surface area contributed by atoms with Crippen LogP contribution in [0.2, 0.25) is 0 Å². The van der Waals surface area contributed by atoms with Crippen LogP contribution in [0.3, 0.4) is 0 Å². The van der Waals surface area contributed by atoms with E-state index < -0.39 is 0 Å². The minimum absolute atomic E-state index is 0.242. The first-order valence-corrected chi connectivity index (χ1v) is 9.72. The molecule has 144 valence electrons. The van der Waals surface area contributed by atoms with Crippen molar-refractivity contribution in [3.8, 4) is 33.8 Å². The first-order chi connectivity index (χ1) is 14.0. The Kier molecular flexibility index (Phi) is 5.18. The lowest BCUT2D eigenvalue weighted by molar-refractivity contribution is 0.442. The topological polar surface area (TPSA) is 9.23 Å². The van der Waals surface area contributed by atoms with Gasteiger partial charge in [0.1, 0.15) is 5.75 Å².